The predicted octanol–water partition coefficient (Wildman–Crippen LogP) is 1.47. The van der Waals surface area contributed by atoms with Crippen molar-refractivity contribution >= 4 is 17.7 Å². The third-order valence-electron chi connectivity index (χ3n) is 3.80. The Morgan fingerprint density at radius 2 is 2.35 bits per heavy atom. The number of ether oxygens (including phenoxy) is 1. The zero-order chi connectivity index (χ0) is 14.8. The van der Waals surface area contributed by atoms with Crippen LogP contribution in [0.3, 0.4) is 0 Å². The summed E-state index contributed by atoms with van der Waals surface area (Å²) in [7, 11) is 1.60. The quantitative estimate of drug-likeness (QED) is 0.815. The lowest BCUT2D eigenvalue weighted by Gasteiger charge is -2.41. The van der Waals surface area contributed by atoms with Gasteiger partial charge in [-0.3, -0.25) is 0 Å². The highest BCUT2D eigenvalue weighted by Crippen LogP contribution is 2.44. The van der Waals surface area contributed by atoms with Gasteiger partial charge in [0.25, 0.3) is 0 Å². The fourth-order valence-corrected chi connectivity index (χ4v) is 3.32. The van der Waals surface area contributed by atoms with Crippen LogP contribution in [0.25, 0.3) is 0 Å². The number of hydrogen-bond acceptors (Lipinski definition) is 6. The van der Waals surface area contributed by atoms with Gasteiger partial charge in [0.2, 0.25) is 5.82 Å². The van der Waals surface area contributed by atoms with Crippen molar-refractivity contribution in [3.63, 3.8) is 0 Å². The Labute approximate surface area is 122 Å². The van der Waals surface area contributed by atoms with Crippen LogP contribution in [0.15, 0.2) is 0 Å². The molecule has 1 fully saturated rings. The van der Waals surface area contributed by atoms with Gasteiger partial charge in [-0.25, -0.2) is 4.79 Å². The number of aliphatic carboxylic acids is 1. The molecule has 20 heavy (non-hydrogen) atoms. The van der Waals surface area contributed by atoms with E-state index in [4.69, 9.17) is 4.74 Å². The van der Waals surface area contributed by atoms with Gasteiger partial charge < -0.3 is 9.84 Å². The number of rotatable bonds is 7. The molecule has 112 valence electrons. The number of carbonyl (C=O) groups is 1. The van der Waals surface area contributed by atoms with Crippen LogP contribution in [0, 0.1) is 0 Å². The SMILES string of the molecule is CCCC(OC)c1nnn(C2(C(=O)O)CC(SC)C2)n1. The lowest BCUT2D eigenvalue weighted by molar-refractivity contribution is -0.154. The number of carboxylic acids is 1. The molecule has 8 heteroatoms. The van der Waals surface area contributed by atoms with Crippen LogP contribution in [0.1, 0.15) is 44.5 Å². The number of carboxylic acid groups (broad SMARTS) is 1. The highest BCUT2D eigenvalue weighted by molar-refractivity contribution is 7.99. The Bertz CT molecular complexity index is 473. The first-order valence-electron chi connectivity index (χ1n) is 6.66. The molecule has 1 aromatic heterocycles. The summed E-state index contributed by atoms with van der Waals surface area (Å²) in [5, 5.41) is 22.0. The summed E-state index contributed by atoms with van der Waals surface area (Å²) in [6.07, 6.45) is 4.55. The van der Waals surface area contributed by atoms with Crippen LogP contribution in [0.4, 0.5) is 0 Å². The maximum atomic E-state index is 11.6. The van der Waals surface area contributed by atoms with Gasteiger partial charge in [0.1, 0.15) is 6.10 Å². The zero-order valence-corrected chi connectivity index (χ0v) is 12.8. The van der Waals surface area contributed by atoms with Crippen LogP contribution in [0.2, 0.25) is 0 Å². The Morgan fingerprint density at radius 1 is 1.65 bits per heavy atom. The minimum absolute atomic E-state index is 0.226. The number of thioether (sulfide) groups is 1. The summed E-state index contributed by atoms with van der Waals surface area (Å²) in [6.45, 7) is 2.05. The third-order valence-corrected chi connectivity index (χ3v) is 4.80. The first kappa shape index (κ1) is 15.2. The van der Waals surface area contributed by atoms with Crippen LogP contribution < -0.4 is 0 Å². The molecule has 1 atom stereocenters. The molecule has 0 bridgehead atoms. The highest BCUT2D eigenvalue weighted by Gasteiger charge is 2.54. The third kappa shape index (κ3) is 2.54. The maximum Gasteiger partial charge on any atom is 0.333 e. The van der Waals surface area contributed by atoms with E-state index >= 15 is 0 Å². The Kier molecular flexibility index (Phi) is 4.64. The Hall–Kier alpha value is -1.15. The molecule has 0 aromatic carbocycles. The molecular weight excluding hydrogens is 280 g/mol. The molecular formula is C12H20N4O3S. The Balaban J connectivity index is 2.20. The van der Waals surface area contributed by atoms with Gasteiger partial charge in [-0.05, 0) is 30.7 Å². The van der Waals surface area contributed by atoms with E-state index < -0.39 is 11.5 Å². The first-order chi connectivity index (χ1) is 9.57. The van der Waals surface area contributed by atoms with Crippen molar-refractivity contribution in [2.75, 3.05) is 13.4 Å². The molecule has 0 radical (unpaired) electrons. The molecule has 7 nitrogen and oxygen atoms in total. The summed E-state index contributed by atoms with van der Waals surface area (Å²) in [6, 6.07) is 0. The fourth-order valence-electron chi connectivity index (χ4n) is 2.43. The van der Waals surface area contributed by atoms with Gasteiger partial charge in [-0.2, -0.15) is 11.8 Å². The smallest absolute Gasteiger partial charge is 0.333 e. The number of methoxy groups -OCH3 is 1. The van der Waals surface area contributed by atoms with Gasteiger partial charge in [0, 0.05) is 12.4 Å². The molecule has 2 rings (SSSR count). The van der Waals surface area contributed by atoms with Gasteiger partial charge >= 0.3 is 5.97 Å². The van der Waals surface area contributed by atoms with E-state index in [-0.39, 0.29) is 6.10 Å². The molecule has 0 amide bonds. The van der Waals surface area contributed by atoms with Crippen LogP contribution >= 0.6 is 11.8 Å². The molecule has 1 unspecified atom stereocenters. The standard InChI is InChI=1S/C12H20N4O3S/c1-4-5-9(19-2)10-13-15-16(14-10)12(11(17)18)6-8(7-12)20-3/h8-9H,4-7H2,1-3H3,(H,17,18). The van der Waals surface area contributed by atoms with Crippen molar-refractivity contribution in [3.8, 4) is 0 Å². The maximum absolute atomic E-state index is 11.6. The van der Waals surface area contributed by atoms with Crippen molar-refractivity contribution in [2.24, 2.45) is 0 Å². The molecule has 1 aliphatic rings. The van der Waals surface area contributed by atoms with Crippen LogP contribution in [-0.4, -0.2) is 49.9 Å². The Morgan fingerprint density at radius 3 is 2.85 bits per heavy atom. The molecule has 0 saturated heterocycles. The largest absolute Gasteiger partial charge is 0.479 e. The summed E-state index contributed by atoms with van der Waals surface area (Å²) in [5.41, 5.74) is -1.04. The topological polar surface area (TPSA) is 90.1 Å². The normalized spacial score (nSPS) is 27.1. The van der Waals surface area contributed by atoms with Gasteiger partial charge in [0.15, 0.2) is 5.54 Å². The first-order valence-corrected chi connectivity index (χ1v) is 7.95. The monoisotopic (exact) mass is 300 g/mol. The predicted molar refractivity (Wildman–Crippen MR) is 74.6 cm³/mol. The van der Waals surface area contributed by atoms with Crippen molar-refractivity contribution in [3.05, 3.63) is 5.82 Å². The second kappa shape index (κ2) is 6.09. The molecule has 1 N–H and O–H groups in total. The number of nitrogens with zero attached hydrogens (tertiary/aromatic N) is 4. The molecule has 1 aliphatic carbocycles. The van der Waals surface area contributed by atoms with Gasteiger partial charge in [0.05, 0.1) is 0 Å². The van der Waals surface area contributed by atoms with E-state index in [0.29, 0.717) is 23.9 Å². The lowest BCUT2D eigenvalue weighted by Crippen LogP contribution is -2.55. The van der Waals surface area contributed by atoms with E-state index in [1.807, 2.05) is 13.2 Å². The molecule has 1 saturated carbocycles. The number of aromatic nitrogens is 4. The molecule has 0 aliphatic heterocycles. The number of hydrogen-bond donors (Lipinski definition) is 1. The van der Waals surface area contributed by atoms with E-state index in [1.54, 1.807) is 18.9 Å². The number of tetrazole rings is 1. The second-order valence-corrected chi connectivity index (χ2v) is 6.19. The average Bonchev–Trinajstić information content (AvgIpc) is 2.84. The minimum atomic E-state index is -1.04. The zero-order valence-electron chi connectivity index (χ0n) is 11.9. The summed E-state index contributed by atoms with van der Waals surface area (Å²) < 4.78 is 5.33. The minimum Gasteiger partial charge on any atom is -0.479 e. The fraction of sp³-hybridized carbons (Fsp3) is 0.833. The summed E-state index contributed by atoms with van der Waals surface area (Å²) >= 11 is 1.67. The van der Waals surface area contributed by atoms with Crippen molar-refractivity contribution in [1.29, 1.82) is 0 Å². The summed E-state index contributed by atoms with van der Waals surface area (Å²) in [4.78, 5) is 12.8. The van der Waals surface area contributed by atoms with Crippen LogP contribution in [-0.2, 0) is 15.1 Å². The van der Waals surface area contributed by atoms with Gasteiger partial charge in [-0.1, -0.05) is 13.3 Å². The van der Waals surface area contributed by atoms with Crippen molar-refractivity contribution < 1.29 is 14.6 Å². The van der Waals surface area contributed by atoms with Crippen molar-refractivity contribution in [1.82, 2.24) is 20.2 Å². The van der Waals surface area contributed by atoms with E-state index in [0.717, 1.165) is 12.8 Å². The summed E-state index contributed by atoms with van der Waals surface area (Å²) in [5.74, 6) is -0.432. The average molecular weight is 300 g/mol. The second-order valence-electron chi connectivity index (χ2n) is 5.05. The van der Waals surface area contributed by atoms with E-state index in [2.05, 4.69) is 15.4 Å². The van der Waals surface area contributed by atoms with Crippen molar-refractivity contribution in [2.45, 2.75) is 49.5 Å². The van der Waals surface area contributed by atoms with Gasteiger partial charge in [-0.15, -0.1) is 15.0 Å². The van der Waals surface area contributed by atoms with Crippen LogP contribution in [0.5, 0.6) is 0 Å². The highest BCUT2D eigenvalue weighted by atomic mass is 32.2. The van der Waals surface area contributed by atoms with E-state index in [9.17, 15) is 9.90 Å². The van der Waals surface area contributed by atoms with E-state index in [1.165, 1.54) is 4.80 Å². The molecule has 0 spiro atoms. The molecule has 1 aromatic rings. The lowest BCUT2D eigenvalue weighted by atomic mass is 9.76. The molecule has 1 heterocycles.